The van der Waals surface area contributed by atoms with Crippen LogP contribution in [0, 0.1) is 5.82 Å². The molecule has 2 N–H and O–H groups in total. The van der Waals surface area contributed by atoms with Crippen molar-refractivity contribution < 1.29 is 14.3 Å². The van der Waals surface area contributed by atoms with E-state index in [1.54, 1.807) is 0 Å². The Balaban J connectivity index is 3.06. The van der Waals surface area contributed by atoms with Gasteiger partial charge in [-0.3, -0.25) is 0 Å². The minimum absolute atomic E-state index is 0.0511. The lowest BCUT2D eigenvalue weighted by molar-refractivity contribution is 0.160. The van der Waals surface area contributed by atoms with Crippen LogP contribution in [0.25, 0.3) is 0 Å². The third kappa shape index (κ3) is 2.40. The highest BCUT2D eigenvalue weighted by atomic mass is 79.9. The smallest absolute Gasteiger partial charge is 0.133 e. The first kappa shape index (κ1) is 10.4. The monoisotopic (exact) mass is 249 g/mol. The van der Waals surface area contributed by atoms with Gasteiger partial charge < -0.3 is 9.94 Å². The number of rotatable bonds is 3. The van der Waals surface area contributed by atoms with Crippen LogP contribution in [0.1, 0.15) is 5.56 Å². The van der Waals surface area contributed by atoms with Crippen molar-refractivity contribution in [3.8, 4) is 5.75 Å². The fourth-order valence-corrected chi connectivity index (χ4v) is 1.43. The molecule has 0 atom stereocenters. The Morgan fingerprint density at radius 3 is 2.85 bits per heavy atom. The van der Waals surface area contributed by atoms with Crippen LogP contribution in [0.5, 0.6) is 5.75 Å². The molecule has 1 aromatic rings. The maximum Gasteiger partial charge on any atom is 0.133 e. The Bertz CT molecular complexity index is 306. The average molecular weight is 250 g/mol. The van der Waals surface area contributed by atoms with E-state index in [0.717, 1.165) is 0 Å². The molecule has 3 nitrogen and oxygen atoms in total. The van der Waals surface area contributed by atoms with Crippen LogP contribution in [-0.4, -0.2) is 12.3 Å². The standard InChI is InChI=1S/C8H9BrFNO2/c1-13-8-2-5(4-11-12)7(10)3-6(8)9/h2-3,11-12H,4H2,1H3. The van der Waals surface area contributed by atoms with Gasteiger partial charge in [-0.05, 0) is 28.1 Å². The highest BCUT2D eigenvalue weighted by molar-refractivity contribution is 9.10. The quantitative estimate of drug-likeness (QED) is 0.807. The van der Waals surface area contributed by atoms with Gasteiger partial charge in [0, 0.05) is 12.1 Å². The molecule has 0 amide bonds. The highest BCUT2D eigenvalue weighted by Crippen LogP contribution is 2.27. The summed E-state index contributed by atoms with van der Waals surface area (Å²) in [5.74, 6) is 0.140. The molecule has 0 fully saturated rings. The normalized spacial score (nSPS) is 10.2. The zero-order valence-electron chi connectivity index (χ0n) is 6.97. The molecule has 0 saturated carbocycles. The second-order valence-electron chi connectivity index (χ2n) is 2.41. The second kappa shape index (κ2) is 4.55. The van der Waals surface area contributed by atoms with Crippen LogP contribution in [0.2, 0.25) is 0 Å². The molecule has 1 aromatic carbocycles. The molecule has 0 radical (unpaired) electrons. The molecule has 0 unspecified atom stereocenters. The van der Waals surface area contributed by atoms with E-state index >= 15 is 0 Å². The Morgan fingerprint density at radius 1 is 1.62 bits per heavy atom. The van der Waals surface area contributed by atoms with Gasteiger partial charge in [-0.25, -0.2) is 9.87 Å². The molecule has 5 heteroatoms. The molecule has 0 aliphatic heterocycles. The SMILES string of the molecule is COc1cc(CNO)c(F)cc1Br. The van der Waals surface area contributed by atoms with E-state index in [-0.39, 0.29) is 6.54 Å². The highest BCUT2D eigenvalue weighted by Gasteiger charge is 2.07. The molecule has 13 heavy (non-hydrogen) atoms. The zero-order chi connectivity index (χ0) is 9.84. The van der Waals surface area contributed by atoms with E-state index in [2.05, 4.69) is 15.9 Å². The number of hydroxylamine groups is 1. The van der Waals surface area contributed by atoms with Gasteiger partial charge in [0.05, 0.1) is 11.6 Å². The summed E-state index contributed by atoms with van der Waals surface area (Å²) in [6.07, 6.45) is 0. The van der Waals surface area contributed by atoms with Crippen molar-refractivity contribution in [1.82, 2.24) is 5.48 Å². The summed E-state index contributed by atoms with van der Waals surface area (Å²) < 4.78 is 18.6. The van der Waals surface area contributed by atoms with Crippen LogP contribution < -0.4 is 10.2 Å². The summed E-state index contributed by atoms with van der Waals surface area (Å²) in [5, 5.41) is 8.41. The first-order chi connectivity index (χ1) is 6.19. The summed E-state index contributed by atoms with van der Waals surface area (Å²) in [6, 6.07) is 2.81. The van der Waals surface area contributed by atoms with E-state index in [4.69, 9.17) is 9.94 Å². The number of hydrogen-bond acceptors (Lipinski definition) is 3. The average Bonchev–Trinajstić information content (AvgIpc) is 2.10. The fourth-order valence-electron chi connectivity index (χ4n) is 0.948. The third-order valence-electron chi connectivity index (χ3n) is 1.59. The lowest BCUT2D eigenvalue weighted by Gasteiger charge is -2.07. The number of hydrogen-bond donors (Lipinski definition) is 2. The molecule has 0 aliphatic carbocycles. The summed E-state index contributed by atoms with van der Waals surface area (Å²) >= 11 is 3.14. The molecule has 0 aliphatic rings. The second-order valence-corrected chi connectivity index (χ2v) is 3.27. The molecule has 1 rings (SSSR count). The number of ether oxygens (including phenoxy) is 1. The number of methoxy groups -OCH3 is 1. The lowest BCUT2D eigenvalue weighted by atomic mass is 10.2. The van der Waals surface area contributed by atoms with E-state index in [9.17, 15) is 4.39 Å². The van der Waals surface area contributed by atoms with Gasteiger partial charge in [-0.1, -0.05) is 0 Å². The first-order valence-electron chi connectivity index (χ1n) is 3.58. The van der Waals surface area contributed by atoms with Crippen LogP contribution in [0.3, 0.4) is 0 Å². The lowest BCUT2D eigenvalue weighted by Crippen LogP contribution is -2.08. The molecular formula is C8H9BrFNO2. The van der Waals surface area contributed by atoms with Gasteiger partial charge in [0.2, 0.25) is 0 Å². The predicted molar refractivity (Wildman–Crippen MR) is 49.3 cm³/mol. The zero-order valence-corrected chi connectivity index (χ0v) is 8.56. The molecule has 0 aromatic heterocycles. The largest absolute Gasteiger partial charge is 0.496 e. The van der Waals surface area contributed by atoms with E-state index in [1.807, 2.05) is 5.48 Å². The van der Waals surface area contributed by atoms with E-state index in [0.29, 0.717) is 15.8 Å². The first-order valence-corrected chi connectivity index (χ1v) is 4.37. The topological polar surface area (TPSA) is 41.5 Å². The van der Waals surface area contributed by atoms with Crippen LogP contribution in [-0.2, 0) is 6.54 Å². The maximum atomic E-state index is 13.1. The van der Waals surface area contributed by atoms with Gasteiger partial charge in [-0.15, -0.1) is 0 Å². The van der Waals surface area contributed by atoms with Gasteiger partial charge in [0.15, 0.2) is 0 Å². The Kier molecular flexibility index (Phi) is 3.65. The molecule has 0 spiro atoms. The van der Waals surface area contributed by atoms with Crippen molar-refractivity contribution in [3.05, 3.63) is 28.0 Å². The maximum absolute atomic E-state index is 13.1. The molecule has 72 valence electrons. The van der Waals surface area contributed by atoms with E-state index in [1.165, 1.54) is 19.2 Å². The summed E-state index contributed by atoms with van der Waals surface area (Å²) in [6.45, 7) is 0.0511. The van der Waals surface area contributed by atoms with Gasteiger partial charge in [0.25, 0.3) is 0 Å². The Morgan fingerprint density at radius 2 is 2.31 bits per heavy atom. The van der Waals surface area contributed by atoms with Crippen LogP contribution in [0.4, 0.5) is 4.39 Å². The minimum Gasteiger partial charge on any atom is -0.496 e. The van der Waals surface area contributed by atoms with Crippen LogP contribution in [0.15, 0.2) is 16.6 Å². The summed E-state index contributed by atoms with van der Waals surface area (Å²) in [4.78, 5) is 0. The minimum atomic E-state index is -0.394. The summed E-state index contributed by atoms with van der Waals surface area (Å²) in [5.41, 5.74) is 2.23. The Labute approximate surface area is 83.6 Å². The van der Waals surface area contributed by atoms with E-state index < -0.39 is 5.82 Å². The fraction of sp³-hybridized carbons (Fsp3) is 0.250. The van der Waals surface area contributed by atoms with Gasteiger partial charge in [-0.2, -0.15) is 0 Å². The molecule has 0 bridgehead atoms. The van der Waals surface area contributed by atoms with Crippen molar-refractivity contribution in [2.45, 2.75) is 6.54 Å². The van der Waals surface area contributed by atoms with Gasteiger partial charge >= 0.3 is 0 Å². The summed E-state index contributed by atoms with van der Waals surface area (Å²) in [7, 11) is 1.49. The predicted octanol–water partition coefficient (Wildman–Crippen LogP) is 2.08. The number of halogens is 2. The Hall–Kier alpha value is -0.650. The van der Waals surface area contributed by atoms with Crippen LogP contribution >= 0.6 is 15.9 Å². The molecular weight excluding hydrogens is 241 g/mol. The third-order valence-corrected chi connectivity index (χ3v) is 2.21. The van der Waals surface area contributed by atoms with Crippen molar-refractivity contribution >= 4 is 15.9 Å². The molecule has 0 saturated heterocycles. The van der Waals surface area contributed by atoms with Crippen molar-refractivity contribution in [2.24, 2.45) is 0 Å². The number of nitrogens with one attached hydrogen (secondary N) is 1. The van der Waals surface area contributed by atoms with Gasteiger partial charge in [0.1, 0.15) is 11.6 Å². The van der Waals surface area contributed by atoms with Crippen molar-refractivity contribution in [3.63, 3.8) is 0 Å². The van der Waals surface area contributed by atoms with Crippen molar-refractivity contribution in [1.29, 1.82) is 0 Å². The molecule has 0 heterocycles. The van der Waals surface area contributed by atoms with Crippen molar-refractivity contribution in [2.75, 3.05) is 7.11 Å². The number of benzene rings is 1.